The molecular weight excluding hydrogens is 213 g/mol. The molecule has 0 aliphatic carbocycles. The number of para-hydroxylation sites is 1. The van der Waals surface area contributed by atoms with Crippen molar-refractivity contribution in [3.8, 4) is 0 Å². The molecule has 1 saturated heterocycles. The summed E-state index contributed by atoms with van der Waals surface area (Å²) >= 11 is 1.64. The molecule has 1 aromatic rings. The second-order valence-corrected chi connectivity index (χ2v) is 4.78. The monoisotopic (exact) mass is 225 g/mol. The summed E-state index contributed by atoms with van der Waals surface area (Å²) in [6.45, 7) is 0. The molecule has 1 aromatic carbocycles. The predicted octanol–water partition coefficient (Wildman–Crippen LogP) is 2.66. The van der Waals surface area contributed by atoms with Crippen molar-refractivity contribution in [2.24, 2.45) is 0 Å². The Hall–Kier alpha value is -1.03. The van der Waals surface area contributed by atoms with Crippen molar-refractivity contribution in [3.05, 3.63) is 30.1 Å². The molecule has 0 spiro atoms. The summed E-state index contributed by atoms with van der Waals surface area (Å²) in [4.78, 5) is 11.7. The fourth-order valence-electron chi connectivity index (χ4n) is 1.56. The number of thioether (sulfide) groups is 1. The van der Waals surface area contributed by atoms with E-state index in [-0.39, 0.29) is 22.7 Å². The zero-order chi connectivity index (χ0) is 10.7. The maximum absolute atomic E-state index is 13.2. The molecule has 1 aliphatic heterocycles. The minimum atomic E-state index is -0.381. The first kappa shape index (κ1) is 10.5. The number of halogens is 1. The number of hydrogen-bond acceptors (Lipinski definition) is 2. The lowest BCUT2D eigenvalue weighted by Crippen LogP contribution is -2.23. The Labute approximate surface area is 92.3 Å². The van der Waals surface area contributed by atoms with Crippen LogP contribution in [-0.4, -0.2) is 16.9 Å². The molecule has 0 unspecified atom stereocenters. The normalized spacial score (nSPS) is 20.2. The molecule has 2 nitrogen and oxygen atoms in total. The fourth-order valence-corrected chi connectivity index (χ4v) is 2.72. The van der Waals surface area contributed by atoms with Gasteiger partial charge >= 0.3 is 0 Å². The molecule has 1 N–H and O–H groups in total. The highest BCUT2D eigenvalue weighted by Crippen LogP contribution is 2.27. The Morgan fingerprint density at radius 1 is 1.47 bits per heavy atom. The van der Waals surface area contributed by atoms with Gasteiger partial charge in [-0.05, 0) is 30.7 Å². The zero-order valence-corrected chi connectivity index (χ0v) is 9.02. The second kappa shape index (κ2) is 4.66. The number of rotatable bonds is 2. The first-order valence-electron chi connectivity index (χ1n) is 4.94. The maximum atomic E-state index is 13.2. The van der Waals surface area contributed by atoms with Crippen molar-refractivity contribution in [1.29, 1.82) is 0 Å². The van der Waals surface area contributed by atoms with E-state index in [2.05, 4.69) is 5.32 Å². The van der Waals surface area contributed by atoms with Gasteiger partial charge in [-0.25, -0.2) is 4.39 Å². The van der Waals surface area contributed by atoms with Gasteiger partial charge in [0.1, 0.15) is 5.82 Å². The van der Waals surface area contributed by atoms with Gasteiger partial charge in [-0.1, -0.05) is 12.1 Å². The standard InChI is InChI=1S/C11H12FNOS/c12-8-4-1-2-5-9(8)13-11(14)10-6-3-7-15-10/h1-2,4-5,10H,3,6-7H2,(H,13,14)/t10-/m0/s1. The van der Waals surface area contributed by atoms with Gasteiger partial charge in [-0.2, -0.15) is 0 Å². The van der Waals surface area contributed by atoms with Crippen LogP contribution in [0.4, 0.5) is 10.1 Å². The Morgan fingerprint density at radius 2 is 2.27 bits per heavy atom. The molecule has 0 bridgehead atoms. The van der Waals surface area contributed by atoms with Gasteiger partial charge in [-0.15, -0.1) is 11.8 Å². The molecule has 4 heteroatoms. The largest absolute Gasteiger partial charge is 0.323 e. The maximum Gasteiger partial charge on any atom is 0.237 e. The molecule has 1 aliphatic rings. The van der Waals surface area contributed by atoms with Gasteiger partial charge in [0.05, 0.1) is 10.9 Å². The van der Waals surface area contributed by atoms with Crippen LogP contribution in [0.3, 0.4) is 0 Å². The van der Waals surface area contributed by atoms with E-state index in [0.717, 1.165) is 18.6 Å². The van der Waals surface area contributed by atoms with E-state index >= 15 is 0 Å². The van der Waals surface area contributed by atoms with Crippen LogP contribution in [0.2, 0.25) is 0 Å². The van der Waals surface area contributed by atoms with Crippen LogP contribution in [0.25, 0.3) is 0 Å². The highest BCUT2D eigenvalue weighted by molar-refractivity contribution is 8.00. The van der Waals surface area contributed by atoms with Crippen LogP contribution in [0.15, 0.2) is 24.3 Å². The van der Waals surface area contributed by atoms with Gasteiger partial charge in [0, 0.05) is 0 Å². The molecule has 1 fully saturated rings. The average Bonchev–Trinajstić information content (AvgIpc) is 2.74. The van der Waals surface area contributed by atoms with Crippen molar-refractivity contribution >= 4 is 23.4 Å². The van der Waals surface area contributed by atoms with Crippen LogP contribution < -0.4 is 5.32 Å². The fraction of sp³-hybridized carbons (Fsp3) is 0.364. The number of hydrogen-bond donors (Lipinski definition) is 1. The van der Waals surface area contributed by atoms with Gasteiger partial charge in [0.25, 0.3) is 0 Å². The second-order valence-electron chi connectivity index (χ2n) is 3.47. The number of carbonyl (C=O) groups excluding carboxylic acids is 1. The summed E-state index contributed by atoms with van der Waals surface area (Å²) in [5.74, 6) is 0.562. The molecule has 1 heterocycles. The lowest BCUT2D eigenvalue weighted by Gasteiger charge is -2.10. The third-order valence-electron chi connectivity index (χ3n) is 2.35. The van der Waals surface area contributed by atoms with E-state index in [0.29, 0.717) is 0 Å². The summed E-state index contributed by atoms with van der Waals surface area (Å²) in [5, 5.41) is 2.61. The first-order valence-corrected chi connectivity index (χ1v) is 5.99. The van der Waals surface area contributed by atoms with Crippen molar-refractivity contribution in [2.75, 3.05) is 11.1 Å². The smallest absolute Gasteiger partial charge is 0.237 e. The highest BCUT2D eigenvalue weighted by atomic mass is 32.2. The van der Waals surface area contributed by atoms with E-state index in [4.69, 9.17) is 0 Å². The average molecular weight is 225 g/mol. The van der Waals surface area contributed by atoms with Crippen LogP contribution in [0.5, 0.6) is 0 Å². The minimum absolute atomic E-state index is 0.00962. The SMILES string of the molecule is O=C(Nc1ccccc1F)[C@@H]1CCCS1. The van der Waals surface area contributed by atoms with E-state index in [1.807, 2.05) is 0 Å². The Morgan fingerprint density at radius 3 is 2.93 bits per heavy atom. The van der Waals surface area contributed by atoms with Crippen molar-refractivity contribution < 1.29 is 9.18 Å². The van der Waals surface area contributed by atoms with Crippen molar-refractivity contribution in [2.45, 2.75) is 18.1 Å². The highest BCUT2D eigenvalue weighted by Gasteiger charge is 2.23. The predicted molar refractivity (Wildman–Crippen MR) is 60.5 cm³/mol. The molecule has 0 radical (unpaired) electrons. The Balaban J connectivity index is 2.02. The number of amides is 1. The lowest BCUT2D eigenvalue weighted by molar-refractivity contribution is -0.115. The number of benzene rings is 1. The number of anilines is 1. The van der Waals surface area contributed by atoms with Crippen molar-refractivity contribution in [1.82, 2.24) is 0 Å². The van der Waals surface area contributed by atoms with E-state index in [1.54, 1.807) is 30.0 Å². The van der Waals surface area contributed by atoms with Crippen LogP contribution in [-0.2, 0) is 4.79 Å². The van der Waals surface area contributed by atoms with Crippen LogP contribution in [0.1, 0.15) is 12.8 Å². The van der Waals surface area contributed by atoms with Crippen molar-refractivity contribution in [3.63, 3.8) is 0 Å². The topological polar surface area (TPSA) is 29.1 Å². The summed E-state index contributed by atoms with van der Waals surface area (Å²) in [7, 11) is 0. The van der Waals surface area contributed by atoms with E-state index < -0.39 is 0 Å². The summed E-state index contributed by atoms with van der Waals surface area (Å²) in [6.07, 6.45) is 1.96. The van der Waals surface area contributed by atoms with E-state index in [9.17, 15) is 9.18 Å². The molecule has 80 valence electrons. The quantitative estimate of drug-likeness (QED) is 0.838. The Kier molecular flexibility index (Phi) is 3.26. The third kappa shape index (κ3) is 2.50. The molecule has 1 amide bonds. The molecule has 1 atom stereocenters. The summed E-state index contributed by atoms with van der Waals surface area (Å²) in [6, 6.07) is 6.24. The minimum Gasteiger partial charge on any atom is -0.323 e. The van der Waals surface area contributed by atoms with Gasteiger partial charge in [-0.3, -0.25) is 4.79 Å². The summed E-state index contributed by atoms with van der Waals surface area (Å²) in [5.41, 5.74) is 0.273. The molecule has 0 saturated carbocycles. The van der Waals surface area contributed by atoms with Crippen LogP contribution in [0, 0.1) is 5.82 Å². The summed E-state index contributed by atoms with van der Waals surface area (Å²) < 4.78 is 13.2. The molecular formula is C11H12FNOS. The van der Waals surface area contributed by atoms with Gasteiger partial charge in [0.2, 0.25) is 5.91 Å². The first-order chi connectivity index (χ1) is 7.27. The van der Waals surface area contributed by atoms with Gasteiger partial charge < -0.3 is 5.32 Å². The lowest BCUT2D eigenvalue weighted by atomic mass is 10.2. The third-order valence-corrected chi connectivity index (χ3v) is 3.73. The Bertz CT molecular complexity index is 363. The number of nitrogens with one attached hydrogen (secondary N) is 1. The van der Waals surface area contributed by atoms with Gasteiger partial charge in [0.15, 0.2) is 0 Å². The molecule has 15 heavy (non-hydrogen) atoms. The number of carbonyl (C=O) groups is 1. The molecule has 2 rings (SSSR count). The zero-order valence-electron chi connectivity index (χ0n) is 8.20. The molecule has 0 aromatic heterocycles. The van der Waals surface area contributed by atoms with Crippen LogP contribution >= 0.6 is 11.8 Å². The van der Waals surface area contributed by atoms with E-state index in [1.165, 1.54) is 6.07 Å².